The first-order valence-electron chi connectivity index (χ1n) is 5.85. The number of thiazole rings is 1. The van der Waals surface area contributed by atoms with Crippen molar-refractivity contribution in [2.45, 2.75) is 26.2 Å². The van der Waals surface area contributed by atoms with E-state index in [4.69, 9.17) is 5.73 Å². The summed E-state index contributed by atoms with van der Waals surface area (Å²) in [4.78, 5) is 21.1. The normalized spacial score (nSPS) is 10.2. The molecule has 0 fully saturated rings. The maximum atomic E-state index is 12.2. The van der Waals surface area contributed by atoms with Crippen molar-refractivity contribution in [1.29, 1.82) is 0 Å². The molecule has 0 aromatic carbocycles. The predicted molar refractivity (Wildman–Crippen MR) is 91.9 cm³/mol. The van der Waals surface area contributed by atoms with Crippen molar-refractivity contribution in [2.75, 3.05) is 11.1 Å². The Bertz CT molecular complexity index is 593. The highest BCUT2D eigenvalue weighted by Crippen LogP contribution is 2.27. The molecule has 0 spiro atoms. The van der Waals surface area contributed by atoms with Crippen molar-refractivity contribution in [3.8, 4) is 0 Å². The highest BCUT2D eigenvalue weighted by molar-refractivity contribution is 7.12. The summed E-state index contributed by atoms with van der Waals surface area (Å²) in [6.07, 6.45) is 1.53. The van der Waals surface area contributed by atoms with Crippen molar-refractivity contribution >= 4 is 53.6 Å². The molecular weight excluding hydrogens is 331 g/mol. The summed E-state index contributed by atoms with van der Waals surface area (Å²) in [7, 11) is 0. The molecule has 1 amide bonds. The van der Waals surface area contributed by atoms with Gasteiger partial charge < -0.3 is 11.1 Å². The van der Waals surface area contributed by atoms with Crippen LogP contribution in [0.15, 0.2) is 23.8 Å². The van der Waals surface area contributed by atoms with Gasteiger partial charge in [-0.25, -0.2) is 9.97 Å². The van der Waals surface area contributed by atoms with E-state index in [0.717, 1.165) is 5.69 Å². The summed E-state index contributed by atoms with van der Waals surface area (Å²) in [5, 5.41) is 2.80. The highest BCUT2D eigenvalue weighted by atomic mass is 35.5. The molecule has 3 N–H and O–H groups in total. The molecule has 0 unspecified atom stereocenters. The lowest BCUT2D eigenvalue weighted by Gasteiger charge is -2.17. The molecule has 2 rings (SSSR count). The summed E-state index contributed by atoms with van der Waals surface area (Å²) in [5.41, 5.74) is 8.45. The fourth-order valence-corrected chi connectivity index (χ4v) is 2.50. The Morgan fingerprint density at radius 1 is 1.24 bits per heavy atom. The molecule has 2 aromatic heterocycles. The van der Waals surface area contributed by atoms with E-state index in [0.29, 0.717) is 16.4 Å². The third-order valence-electron chi connectivity index (χ3n) is 2.53. The van der Waals surface area contributed by atoms with Crippen LogP contribution < -0.4 is 11.1 Å². The number of halogens is 2. The molecule has 0 saturated heterocycles. The van der Waals surface area contributed by atoms with Gasteiger partial charge in [-0.05, 0) is 12.1 Å². The minimum Gasteiger partial charge on any atom is -0.384 e. The van der Waals surface area contributed by atoms with Crippen LogP contribution in [0.25, 0.3) is 0 Å². The number of carbonyl (C=O) groups is 1. The molecule has 0 radical (unpaired) electrons. The summed E-state index contributed by atoms with van der Waals surface area (Å²) in [5.74, 6) is 0.255. The molecule has 5 nitrogen and oxygen atoms in total. The Labute approximate surface area is 140 Å². The number of anilines is 2. The zero-order valence-corrected chi connectivity index (χ0v) is 14.4. The van der Waals surface area contributed by atoms with Gasteiger partial charge in [-0.15, -0.1) is 36.2 Å². The maximum Gasteiger partial charge on any atom is 0.267 e. The predicted octanol–water partition coefficient (Wildman–Crippen LogP) is 3.51. The van der Waals surface area contributed by atoms with Crippen LogP contribution in [-0.2, 0) is 5.41 Å². The molecule has 0 bridgehead atoms. The van der Waals surface area contributed by atoms with Gasteiger partial charge in [0.15, 0.2) is 0 Å². The summed E-state index contributed by atoms with van der Waals surface area (Å²) in [6, 6.07) is 3.37. The van der Waals surface area contributed by atoms with E-state index in [1.54, 1.807) is 17.6 Å². The monoisotopic (exact) mass is 348 g/mol. The molecular formula is C13H18Cl2N4OS. The number of nitrogens with two attached hydrogens (primary N) is 1. The minimum atomic E-state index is -0.168. The molecule has 2 heterocycles. The second kappa shape index (κ2) is 7.59. The van der Waals surface area contributed by atoms with Gasteiger partial charge in [0.05, 0.1) is 23.1 Å². The first-order chi connectivity index (χ1) is 8.88. The van der Waals surface area contributed by atoms with Crippen molar-refractivity contribution in [3.05, 3.63) is 34.4 Å². The third-order valence-corrected chi connectivity index (χ3v) is 3.35. The molecule has 2 aromatic rings. The van der Waals surface area contributed by atoms with Gasteiger partial charge in [-0.1, -0.05) is 20.8 Å². The first-order valence-corrected chi connectivity index (χ1v) is 6.73. The van der Waals surface area contributed by atoms with Crippen molar-refractivity contribution < 1.29 is 4.79 Å². The van der Waals surface area contributed by atoms with Crippen LogP contribution in [-0.4, -0.2) is 15.9 Å². The molecule has 0 aliphatic rings. The lowest BCUT2D eigenvalue weighted by atomic mass is 9.91. The molecule has 116 valence electrons. The van der Waals surface area contributed by atoms with Crippen LogP contribution in [0.3, 0.4) is 0 Å². The summed E-state index contributed by atoms with van der Waals surface area (Å²) in [6.45, 7) is 6.09. The average molecular weight is 349 g/mol. The van der Waals surface area contributed by atoms with Crippen LogP contribution in [0.4, 0.5) is 11.5 Å². The number of rotatable bonds is 2. The maximum absolute atomic E-state index is 12.2. The number of amides is 1. The SMILES string of the molecule is CC(C)(C)c1ncsc1C(=O)Nc1ccc(N)nc1.Cl.Cl. The van der Waals surface area contributed by atoms with Crippen molar-refractivity contribution in [2.24, 2.45) is 0 Å². The highest BCUT2D eigenvalue weighted by Gasteiger charge is 2.24. The fourth-order valence-electron chi connectivity index (χ4n) is 1.61. The Kier molecular flexibility index (Phi) is 7.09. The minimum absolute atomic E-state index is 0. The smallest absolute Gasteiger partial charge is 0.267 e. The van der Waals surface area contributed by atoms with Gasteiger partial charge in [0.2, 0.25) is 0 Å². The molecule has 0 aliphatic heterocycles. The van der Waals surface area contributed by atoms with Crippen LogP contribution in [0, 0.1) is 0 Å². The van der Waals surface area contributed by atoms with Gasteiger partial charge in [0.1, 0.15) is 10.7 Å². The van der Waals surface area contributed by atoms with E-state index >= 15 is 0 Å². The molecule has 21 heavy (non-hydrogen) atoms. The van der Waals surface area contributed by atoms with Crippen LogP contribution >= 0.6 is 36.2 Å². The first kappa shape index (κ1) is 19.6. The van der Waals surface area contributed by atoms with E-state index in [2.05, 4.69) is 15.3 Å². The fraction of sp³-hybridized carbons (Fsp3) is 0.308. The van der Waals surface area contributed by atoms with E-state index in [1.165, 1.54) is 17.5 Å². The number of pyridine rings is 1. The van der Waals surface area contributed by atoms with E-state index in [1.807, 2.05) is 20.8 Å². The second-order valence-electron chi connectivity index (χ2n) is 5.21. The molecule has 0 saturated carbocycles. The number of nitrogens with one attached hydrogen (secondary N) is 1. The Morgan fingerprint density at radius 2 is 1.90 bits per heavy atom. The lowest BCUT2D eigenvalue weighted by molar-refractivity contribution is 0.102. The summed E-state index contributed by atoms with van der Waals surface area (Å²) >= 11 is 1.34. The topological polar surface area (TPSA) is 80.9 Å². The number of hydrogen-bond acceptors (Lipinski definition) is 5. The second-order valence-corrected chi connectivity index (χ2v) is 6.06. The molecule has 8 heteroatoms. The lowest BCUT2D eigenvalue weighted by Crippen LogP contribution is -2.19. The molecule has 0 atom stereocenters. The number of hydrogen-bond donors (Lipinski definition) is 2. The van der Waals surface area contributed by atoms with Gasteiger partial charge in [-0.3, -0.25) is 4.79 Å². The standard InChI is InChI=1S/C13H16N4OS.2ClH/c1-13(2,3)11-10(19-7-16-11)12(18)17-8-4-5-9(14)15-6-8;;/h4-7H,1-3H3,(H2,14,15)(H,17,18);2*1H. The average Bonchev–Trinajstić information content (AvgIpc) is 2.81. The van der Waals surface area contributed by atoms with Gasteiger partial charge >= 0.3 is 0 Å². The number of nitrogen functional groups attached to an aromatic ring is 1. The van der Waals surface area contributed by atoms with Crippen molar-refractivity contribution in [3.63, 3.8) is 0 Å². The number of nitrogens with zero attached hydrogens (tertiary/aromatic N) is 2. The Hall–Kier alpha value is -1.37. The Balaban J connectivity index is 0.00000200. The van der Waals surface area contributed by atoms with Crippen molar-refractivity contribution in [1.82, 2.24) is 9.97 Å². The quantitative estimate of drug-likeness (QED) is 0.869. The zero-order chi connectivity index (χ0) is 14.0. The van der Waals surface area contributed by atoms with Gasteiger partial charge in [0, 0.05) is 5.41 Å². The van der Waals surface area contributed by atoms with Crippen LogP contribution in [0.2, 0.25) is 0 Å². The van der Waals surface area contributed by atoms with E-state index < -0.39 is 0 Å². The third kappa shape index (κ3) is 4.84. The summed E-state index contributed by atoms with van der Waals surface area (Å²) < 4.78 is 0. The van der Waals surface area contributed by atoms with Crippen LogP contribution in [0.5, 0.6) is 0 Å². The van der Waals surface area contributed by atoms with Crippen LogP contribution in [0.1, 0.15) is 36.1 Å². The Morgan fingerprint density at radius 3 is 2.43 bits per heavy atom. The number of aromatic nitrogens is 2. The van der Waals surface area contributed by atoms with Gasteiger partial charge in [0.25, 0.3) is 5.91 Å². The molecule has 0 aliphatic carbocycles. The zero-order valence-electron chi connectivity index (χ0n) is 11.9. The largest absolute Gasteiger partial charge is 0.384 e. The van der Waals surface area contributed by atoms with Gasteiger partial charge in [-0.2, -0.15) is 0 Å². The van der Waals surface area contributed by atoms with E-state index in [-0.39, 0.29) is 36.1 Å². The van der Waals surface area contributed by atoms with E-state index in [9.17, 15) is 4.79 Å². The number of carbonyl (C=O) groups excluding carboxylic acids is 1.